The van der Waals surface area contributed by atoms with Crippen LogP contribution in [0.1, 0.15) is 24.5 Å². The first kappa shape index (κ1) is 13.8. The molecule has 0 amide bonds. The summed E-state index contributed by atoms with van der Waals surface area (Å²) < 4.78 is 0. The van der Waals surface area contributed by atoms with E-state index in [1.165, 1.54) is 11.1 Å². The van der Waals surface area contributed by atoms with Gasteiger partial charge >= 0.3 is 0 Å². The average Bonchev–Trinajstić information content (AvgIpc) is 2.48. The van der Waals surface area contributed by atoms with Gasteiger partial charge in [0.2, 0.25) is 0 Å². The van der Waals surface area contributed by atoms with E-state index in [2.05, 4.69) is 59.7 Å². The highest BCUT2D eigenvalue weighted by molar-refractivity contribution is 5.16. The van der Waals surface area contributed by atoms with Gasteiger partial charge in [-0.05, 0) is 49.1 Å². The Bertz CT molecular complexity index is 453. The van der Waals surface area contributed by atoms with Crippen molar-refractivity contribution in [2.24, 2.45) is 0 Å². The van der Waals surface area contributed by atoms with Crippen LogP contribution in [0.3, 0.4) is 0 Å². The van der Waals surface area contributed by atoms with Crippen LogP contribution in [0.4, 0.5) is 0 Å². The van der Waals surface area contributed by atoms with E-state index >= 15 is 0 Å². The molecule has 1 atom stereocenters. The molecule has 2 rings (SSSR count). The van der Waals surface area contributed by atoms with Crippen molar-refractivity contribution in [1.82, 2.24) is 10.3 Å². The number of nitrogens with one attached hydrogen (secondary N) is 1. The monoisotopic (exact) mass is 254 g/mol. The van der Waals surface area contributed by atoms with Gasteiger partial charge in [0, 0.05) is 18.4 Å². The van der Waals surface area contributed by atoms with E-state index in [1.54, 1.807) is 0 Å². The van der Waals surface area contributed by atoms with Crippen molar-refractivity contribution in [3.63, 3.8) is 0 Å². The highest BCUT2D eigenvalue weighted by atomic mass is 14.9. The van der Waals surface area contributed by atoms with Crippen LogP contribution in [0.25, 0.3) is 0 Å². The summed E-state index contributed by atoms with van der Waals surface area (Å²) in [6.07, 6.45) is 7.04. The van der Waals surface area contributed by atoms with Crippen molar-refractivity contribution in [2.45, 2.75) is 32.2 Å². The van der Waals surface area contributed by atoms with Crippen LogP contribution in [-0.4, -0.2) is 17.6 Å². The lowest BCUT2D eigenvalue weighted by Crippen LogP contribution is -2.32. The molecule has 1 aromatic heterocycles. The first-order valence-corrected chi connectivity index (χ1v) is 7.04. The fourth-order valence-corrected chi connectivity index (χ4v) is 2.23. The Morgan fingerprint density at radius 3 is 2.42 bits per heavy atom. The number of rotatable bonds is 7. The minimum atomic E-state index is 0.559. The van der Waals surface area contributed by atoms with Gasteiger partial charge in [0.1, 0.15) is 0 Å². The molecule has 0 bridgehead atoms. The molecule has 1 unspecified atom stereocenters. The largest absolute Gasteiger partial charge is 0.313 e. The normalized spacial score (nSPS) is 12.3. The molecule has 0 saturated carbocycles. The van der Waals surface area contributed by atoms with Crippen LogP contribution in [0.15, 0.2) is 54.9 Å². The Labute approximate surface area is 115 Å². The Morgan fingerprint density at radius 2 is 1.74 bits per heavy atom. The lowest BCUT2D eigenvalue weighted by molar-refractivity contribution is 0.498. The smallest absolute Gasteiger partial charge is 0.0270 e. The van der Waals surface area contributed by atoms with Crippen LogP contribution in [0.5, 0.6) is 0 Å². The van der Waals surface area contributed by atoms with E-state index < -0.39 is 0 Å². The van der Waals surface area contributed by atoms with Gasteiger partial charge in [-0.1, -0.05) is 37.3 Å². The predicted octanol–water partition coefficient (Wildman–Crippen LogP) is 3.24. The van der Waals surface area contributed by atoms with Crippen molar-refractivity contribution >= 4 is 0 Å². The van der Waals surface area contributed by atoms with Gasteiger partial charge in [-0.3, -0.25) is 4.98 Å². The van der Waals surface area contributed by atoms with Crippen molar-refractivity contribution in [2.75, 3.05) is 6.54 Å². The summed E-state index contributed by atoms with van der Waals surface area (Å²) in [4.78, 5) is 4.04. The van der Waals surface area contributed by atoms with Crippen molar-refractivity contribution in [3.8, 4) is 0 Å². The highest BCUT2D eigenvalue weighted by Crippen LogP contribution is 2.06. The van der Waals surface area contributed by atoms with Crippen molar-refractivity contribution < 1.29 is 0 Å². The van der Waals surface area contributed by atoms with Crippen molar-refractivity contribution in [1.29, 1.82) is 0 Å². The second-order valence-electron chi connectivity index (χ2n) is 4.85. The zero-order valence-electron chi connectivity index (χ0n) is 11.5. The van der Waals surface area contributed by atoms with E-state index in [9.17, 15) is 0 Å². The zero-order chi connectivity index (χ0) is 13.3. The Balaban J connectivity index is 1.77. The van der Waals surface area contributed by atoms with Gasteiger partial charge < -0.3 is 5.32 Å². The Morgan fingerprint density at radius 1 is 1.00 bits per heavy atom. The molecule has 100 valence electrons. The fraction of sp³-hybridized carbons (Fsp3) is 0.353. The molecule has 0 fully saturated rings. The van der Waals surface area contributed by atoms with Gasteiger partial charge in [-0.15, -0.1) is 0 Å². The lowest BCUT2D eigenvalue weighted by Gasteiger charge is -2.17. The number of pyridine rings is 1. The van der Waals surface area contributed by atoms with Gasteiger partial charge in [-0.2, -0.15) is 0 Å². The molecule has 1 aromatic carbocycles. The molecular weight excluding hydrogens is 232 g/mol. The van der Waals surface area contributed by atoms with Gasteiger partial charge in [0.15, 0.2) is 0 Å². The maximum absolute atomic E-state index is 4.04. The second kappa shape index (κ2) is 7.70. The molecule has 0 aliphatic heterocycles. The average molecular weight is 254 g/mol. The highest BCUT2D eigenvalue weighted by Gasteiger charge is 2.06. The molecule has 2 aromatic rings. The summed E-state index contributed by atoms with van der Waals surface area (Å²) in [7, 11) is 0. The molecule has 0 spiro atoms. The third kappa shape index (κ3) is 4.84. The number of benzene rings is 1. The first-order chi connectivity index (χ1) is 9.38. The molecule has 0 aliphatic rings. The third-order valence-corrected chi connectivity index (χ3v) is 3.41. The SMILES string of the molecule is CCC(Cc1ccccc1)NCCc1ccncc1. The molecule has 2 nitrogen and oxygen atoms in total. The number of hydrogen-bond acceptors (Lipinski definition) is 2. The van der Waals surface area contributed by atoms with E-state index in [-0.39, 0.29) is 0 Å². The number of nitrogens with zero attached hydrogens (tertiary/aromatic N) is 1. The molecule has 0 radical (unpaired) electrons. The standard InChI is InChI=1S/C17H22N2/c1-2-17(14-16-6-4-3-5-7-16)19-13-10-15-8-11-18-12-9-15/h3-9,11-12,17,19H,2,10,13-14H2,1H3. The van der Waals surface area contributed by atoms with E-state index in [4.69, 9.17) is 0 Å². The molecule has 0 aliphatic carbocycles. The second-order valence-corrected chi connectivity index (χ2v) is 4.85. The molecule has 0 saturated heterocycles. The van der Waals surface area contributed by atoms with Crippen LogP contribution in [-0.2, 0) is 12.8 Å². The molecule has 2 heteroatoms. The molecule has 1 heterocycles. The molecule has 19 heavy (non-hydrogen) atoms. The van der Waals surface area contributed by atoms with E-state index in [0.29, 0.717) is 6.04 Å². The summed E-state index contributed by atoms with van der Waals surface area (Å²) in [5.74, 6) is 0. The van der Waals surface area contributed by atoms with Gasteiger partial charge in [0.25, 0.3) is 0 Å². The van der Waals surface area contributed by atoms with Crippen molar-refractivity contribution in [3.05, 3.63) is 66.0 Å². The Kier molecular flexibility index (Phi) is 5.57. The van der Waals surface area contributed by atoms with Crippen LogP contribution in [0, 0.1) is 0 Å². The molecular formula is C17H22N2. The predicted molar refractivity (Wildman–Crippen MR) is 80.2 cm³/mol. The lowest BCUT2D eigenvalue weighted by atomic mass is 10.0. The maximum atomic E-state index is 4.04. The van der Waals surface area contributed by atoms with Gasteiger partial charge in [0.05, 0.1) is 0 Å². The third-order valence-electron chi connectivity index (χ3n) is 3.41. The van der Waals surface area contributed by atoms with Gasteiger partial charge in [-0.25, -0.2) is 0 Å². The molecule has 1 N–H and O–H groups in total. The first-order valence-electron chi connectivity index (χ1n) is 7.04. The summed E-state index contributed by atoms with van der Waals surface area (Å²) >= 11 is 0. The summed E-state index contributed by atoms with van der Waals surface area (Å²) in [6.45, 7) is 3.27. The summed E-state index contributed by atoms with van der Waals surface area (Å²) in [6, 6.07) is 15.4. The fourth-order valence-electron chi connectivity index (χ4n) is 2.23. The quantitative estimate of drug-likeness (QED) is 0.820. The van der Waals surface area contributed by atoms with Crippen LogP contribution >= 0.6 is 0 Å². The van der Waals surface area contributed by atoms with E-state index in [1.807, 2.05) is 12.4 Å². The number of hydrogen-bond donors (Lipinski definition) is 1. The van der Waals surface area contributed by atoms with E-state index in [0.717, 1.165) is 25.8 Å². The zero-order valence-corrected chi connectivity index (χ0v) is 11.5. The Hall–Kier alpha value is -1.67. The van der Waals surface area contributed by atoms with Crippen LogP contribution in [0.2, 0.25) is 0 Å². The number of aromatic nitrogens is 1. The minimum absolute atomic E-state index is 0.559. The topological polar surface area (TPSA) is 24.9 Å². The minimum Gasteiger partial charge on any atom is -0.313 e. The maximum Gasteiger partial charge on any atom is 0.0270 e. The summed E-state index contributed by atoms with van der Waals surface area (Å²) in [5, 5.41) is 3.65. The summed E-state index contributed by atoms with van der Waals surface area (Å²) in [5.41, 5.74) is 2.75. The van der Waals surface area contributed by atoms with Crippen LogP contribution < -0.4 is 5.32 Å².